The monoisotopic (exact) mass is 290 g/mol. The summed E-state index contributed by atoms with van der Waals surface area (Å²) in [5.41, 5.74) is 0.983. The molecule has 1 atom stereocenters. The first kappa shape index (κ1) is 15.8. The van der Waals surface area contributed by atoms with Gasteiger partial charge in [0.2, 0.25) is 5.91 Å². The molecule has 0 saturated carbocycles. The van der Waals surface area contributed by atoms with Gasteiger partial charge >= 0.3 is 0 Å². The van der Waals surface area contributed by atoms with Crippen LogP contribution in [0.1, 0.15) is 25.7 Å². The highest BCUT2D eigenvalue weighted by Gasteiger charge is 2.17. The molecule has 21 heavy (non-hydrogen) atoms. The van der Waals surface area contributed by atoms with Crippen LogP contribution in [0.25, 0.3) is 0 Å². The van der Waals surface area contributed by atoms with Gasteiger partial charge in [-0.25, -0.2) is 0 Å². The van der Waals surface area contributed by atoms with Gasteiger partial charge in [0, 0.05) is 38.4 Å². The van der Waals surface area contributed by atoms with Gasteiger partial charge in [-0.1, -0.05) is 0 Å². The SMILES string of the molecule is CN1CCCC(CCC(=O)NCCNc2cccnc2)C1. The highest BCUT2D eigenvalue weighted by atomic mass is 16.1. The molecule has 5 nitrogen and oxygen atoms in total. The summed E-state index contributed by atoms with van der Waals surface area (Å²) in [6.45, 7) is 3.71. The molecule has 0 aromatic carbocycles. The summed E-state index contributed by atoms with van der Waals surface area (Å²) < 4.78 is 0. The minimum Gasteiger partial charge on any atom is -0.382 e. The fraction of sp³-hybridized carbons (Fsp3) is 0.625. The molecule has 2 heterocycles. The summed E-state index contributed by atoms with van der Waals surface area (Å²) in [4.78, 5) is 18.2. The third-order valence-corrected chi connectivity index (χ3v) is 3.94. The van der Waals surface area contributed by atoms with E-state index >= 15 is 0 Å². The molecule has 1 unspecified atom stereocenters. The molecular formula is C16H26N4O. The van der Waals surface area contributed by atoms with E-state index in [-0.39, 0.29) is 5.91 Å². The number of anilines is 1. The minimum absolute atomic E-state index is 0.163. The fourth-order valence-corrected chi connectivity index (χ4v) is 2.81. The molecule has 1 aliphatic rings. The number of nitrogens with one attached hydrogen (secondary N) is 2. The summed E-state index contributed by atoms with van der Waals surface area (Å²) in [7, 11) is 2.16. The largest absolute Gasteiger partial charge is 0.382 e. The molecule has 1 amide bonds. The van der Waals surface area contributed by atoms with E-state index in [1.165, 1.54) is 19.4 Å². The molecule has 1 aromatic heterocycles. The van der Waals surface area contributed by atoms with Crippen molar-refractivity contribution in [3.05, 3.63) is 24.5 Å². The zero-order valence-corrected chi connectivity index (χ0v) is 12.8. The summed E-state index contributed by atoms with van der Waals surface area (Å²) in [6.07, 6.45) is 7.70. The van der Waals surface area contributed by atoms with Crippen molar-refractivity contribution in [3.8, 4) is 0 Å². The topological polar surface area (TPSA) is 57.3 Å². The van der Waals surface area contributed by atoms with Gasteiger partial charge in [-0.3, -0.25) is 9.78 Å². The van der Waals surface area contributed by atoms with E-state index in [1.54, 1.807) is 12.4 Å². The van der Waals surface area contributed by atoms with Gasteiger partial charge in [-0.05, 0) is 50.9 Å². The lowest BCUT2D eigenvalue weighted by Gasteiger charge is -2.29. The second kappa shape index (κ2) is 8.62. The Balaban J connectivity index is 1.53. The van der Waals surface area contributed by atoms with E-state index < -0.39 is 0 Å². The summed E-state index contributed by atoms with van der Waals surface area (Å²) >= 11 is 0. The zero-order valence-electron chi connectivity index (χ0n) is 12.8. The normalized spacial score (nSPS) is 19.2. The van der Waals surface area contributed by atoms with E-state index in [0.717, 1.165) is 25.2 Å². The Kier molecular flexibility index (Phi) is 6.47. The quantitative estimate of drug-likeness (QED) is 0.751. The molecule has 1 fully saturated rings. The lowest BCUT2D eigenvalue weighted by atomic mass is 9.93. The Morgan fingerprint density at radius 3 is 3.14 bits per heavy atom. The molecule has 0 spiro atoms. The van der Waals surface area contributed by atoms with Gasteiger partial charge in [0.05, 0.1) is 5.69 Å². The number of pyridine rings is 1. The standard InChI is InChI=1S/C16H26N4O/c1-20-11-3-4-14(13-20)6-7-16(21)19-10-9-18-15-5-2-8-17-12-15/h2,5,8,12,14,18H,3-4,6-7,9-11,13H2,1H3,(H,19,21). The molecule has 1 saturated heterocycles. The summed E-state index contributed by atoms with van der Waals surface area (Å²) in [6, 6.07) is 3.86. The van der Waals surface area contributed by atoms with Crippen LogP contribution in [0.15, 0.2) is 24.5 Å². The van der Waals surface area contributed by atoms with Crippen LogP contribution in [0.3, 0.4) is 0 Å². The van der Waals surface area contributed by atoms with Crippen molar-refractivity contribution >= 4 is 11.6 Å². The van der Waals surface area contributed by atoms with Crippen LogP contribution in [0.4, 0.5) is 5.69 Å². The Hall–Kier alpha value is -1.62. The highest BCUT2D eigenvalue weighted by molar-refractivity contribution is 5.75. The number of hydrogen-bond acceptors (Lipinski definition) is 4. The molecule has 1 aromatic rings. The van der Waals surface area contributed by atoms with Gasteiger partial charge in [0.15, 0.2) is 0 Å². The first-order valence-electron chi connectivity index (χ1n) is 7.83. The molecule has 0 aliphatic carbocycles. The Morgan fingerprint density at radius 2 is 2.38 bits per heavy atom. The first-order valence-corrected chi connectivity index (χ1v) is 7.83. The van der Waals surface area contributed by atoms with Gasteiger partial charge in [-0.15, -0.1) is 0 Å². The van der Waals surface area contributed by atoms with Crippen molar-refractivity contribution in [2.45, 2.75) is 25.7 Å². The lowest BCUT2D eigenvalue weighted by molar-refractivity contribution is -0.121. The number of nitrogens with zero attached hydrogens (tertiary/aromatic N) is 2. The van der Waals surface area contributed by atoms with E-state index in [4.69, 9.17) is 0 Å². The smallest absolute Gasteiger partial charge is 0.220 e. The van der Waals surface area contributed by atoms with Gasteiger partial charge in [0.25, 0.3) is 0 Å². The van der Waals surface area contributed by atoms with Crippen molar-refractivity contribution < 1.29 is 4.79 Å². The van der Waals surface area contributed by atoms with Gasteiger partial charge in [0.1, 0.15) is 0 Å². The Labute approximate surface area is 127 Å². The number of amides is 1. The van der Waals surface area contributed by atoms with Crippen LogP contribution in [-0.2, 0) is 4.79 Å². The number of hydrogen-bond donors (Lipinski definition) is 2. The van der Waals surface area contributed by atoms with E-state index in [2.05, 4.69) is 27.6 Å². The van der Waals surface area contributed by atoms with Crippen LogP contribution < -0.4 is 10.6 Å². The predicted octanol–water partition coefficient (Wildman–Crippen LogP) is 1.73. The van der Waals surface area contributed by atoms with Crippen molar-refractivity contribution in [2.24, 2.45) is 5.92 Å². The number of rotatable bonds is 7. The van der Waals surface area contributed by atoms with Crippen LogP contribution in [0.2, 0.25) is 0 Å². The average Bonchev–Trinajstić information content (AvgIpc) is 2.51. The molecule has 116 valence electrons. The zero-order chi connectivity index (χ0) is 14.9. The van der Waals surface area contributed by atoms with Crippen LogP contribution >= 0.6 is 0 Å². The molecule has 0 bridgehead atoms. The fourth-order valence-electron chi connectivity index (χ4n) is 2.81. The highest BCUT2D eigenvalue weighted by Crippen LogP contribution is 2.19. The summed E-state index contributed by atoms with van der Waals surface area (Å²) in [5, 5.41) is 6.20. The maximum Gasteiger partial charge on any atom is 0.220 e. The third kappa shape index (κ3) is 6.12. The van der Waals surface area contributed by atoms with Crippen molar-refractivity contribution in [1.29, 1.82) is 0 Å². The maximum atomic E-state index is 11.8. The van der Waals surface area contributed by atoms with E-state index in [0.29, 0.717) is 18.9 Å². The first-order chi connectivity index (χ1) is 10.2. The number of likely N-dealkylation sites (tertiary alicyclic amines) is 1. The molecule has 5 heteroatoms. The molecular weight excluding hydrogens is 264 g/mol. The minimum atomic E-state index is 0.163. The number of piperidine rings is 1. The second-order valence-corrected chi connectivity index (χ2v) is 5.83. The van der Waals surface area contributed by atoms with Crippen molar-refractivity contribution in [2.75, 3.05) is 38.5 Å². The van der Waals surface area contributed by atoms with Crippen molar-refractivity contribution in [1.82, 2.24) is 15.2 Å². The molecule has 2 N–H and O–H groups in total. The Bertz CT molecular complexity index is 424. The molecule has 0 radical (unpaired) electrons. The third-order valence-electron chi connectivity index (χ3n) is 3.94. The van der Waals surface area contributed by atoms with Gasteiger partial charge < -0.3 is 15.5 Å². The second-order valence-electron chi connectivity index (χ2n) is 5.83. The van der Waals surface area contributed by atoms with E-state index in [9.17, 15) is 4.79 Å². The summed E-state index contributed by atoms with van der Waals surface area (Å²) in [5.74, 6) is 0.847. The number of carbonyl (C=O) groups excluding carboxylic acids is 1. The number of aromatic nitrogens is 1. The lowest BCUT2D eigenvalue weighted by Crippen LogP contribution is -2.33. The maximum absolute atomic E-state index is 11.8. The molecule has 2 rings (SSSR count). The van der Waals surface area contributed by atoms with E-state index in [1.807, 2.05) is 12.1 Å². The van der Waals surface area contributed by atoms with Crippen molar-refractivity contribution in [3.63, 3.8) is 0 Å². The number of carbonyl (C=O) groups is 1. The Morgan fingerprint density at radius 1 is 1.48 bits per heavy atom. The van der Waals surface area contributed by atoms with Crippen LogP contribution in [0, 0.1) is 5.92 Å². The average molecular weight is 290 g/mol. The molecule has 1 aliphatic heterocycles. The van der Waals surface area contributed by atoms with Crippen LogP contribution in [-0.4, -0.2) is 49.0 Å². The van der Waals surface area contributed by atoms with Gasteiger partial charge in [-0.2, -0.15) is 0 Å². The predicted molar refractivity (Wildman–Crippen MR) is 85.2 cm³/mol. The van der Waals surface area contributed by atoms with Crippen LogP contribution in [0.5, 0.6) is 0 Å².